The van der Waals surface area contributed by atoms with Gasteiger partial charge in [-0.25, -0.2) is 0 Å². The van der Waals surface area contributed by atoms with E-state index in [0.717, 1.165) is 57.8 Å². The van der Waals surface area contributed by atoms with Crippen molar-refractivity contribution in [2.75, 3.05) is 13.2 Å². The van der Waals surface area contributed by atoms with Crippen LogP contribution in [0.25, 0.3) is 0 Å². The number of unbranched alkanes of at least 4 members (excludes halogenated alkanes) is 43. The Balaban J connectivity index is 3.97. The average Bonchev–Trinajstić information content (AvgIpc) is 3.33. The van der Waals surface area contributed by atoms with Crippen LogP contribution >= 0.6 is 0 Å². The Bertz CT molecular complexity index is 1040. The summed E-state index contributed by atoms with van der Waals surface area (Å²) in [7, 11) is 0. The lowest BCUT2D eigenvalue weighted by molar-refractivity contribution is -0.167. The number of allylic oxidation sites excluding steroid dienone is 2. The number of ether oxygens (including phenoxy) is 3. The molecule has 0 aromatic heterocycles. The first-order chi connectivity index (χ1) is 33.0. The van der Waals surface area contributed by atoms with Gasteiger partial charge < -0.3 is 14.2 Å². The molecule has 0 aromatic carbocycles. The fourth-order valence-electron chi connectivity index (χ4n) is 9.21. The molecule has 0 aliphatic rings. The minimum atomic E-state index is -0.761. The van der Waals surface area contributed by atoms with Gasteiger partial charge in [0.1, 0.15) is 13.2 Å². The number of hydrogen-bond acceptors (Lipinski definition) is 6. The molecule has 0 fully saturated rings. The van der Waals surface area contributed by atoms with Gasteiger partial charge >= 0.3 is 17.9 Å². The second kappa shape index (κ2) is 56.7. The first-order valence-electron chi connectivity index (χ1n) is 30.2. The molecule has 0 amide bonds. The van der Waals surface area contributed by atoms with Gasteiger partial charge in [-0.2, -0.15) is 0 Å². The molecule has 0 saturated heterocycles. The van der Waals surface area contributed by atoms with E-state index >= 15 is 0 Å². The molecular weight excluding hydrogens is 829 g/mol. The minimum absolute atomic E-state index is 0.0639. The van der Waals surface area contributed by atoms with Crippen LogP contribution in [0, 0.1) is 0 Å². The molecule has 0 heterocycles. The van der Waals surface area contributed by atoms with Crippen LogP contribution in [-0.4, -0.2) is 37.2 Å². The average molecular weight is 946 g/mol. The highest BCUT2D eigenvalue weighted by Gasteiger charge is 2.19. The molecule has 0 N–H and O–H groups in total. The van der Waals surface area contributed by atoms with Gasteiger partial charge in [-0.1, -0.05) is 290 Å². The Labute approximate surface area is 418 Å². The monoisotopic (exact) mass is 945 g/mol. The molecule has 0 radical (unpaired) electrons. The summed E-state index contributed by atoms with van der Waals surface area (Å²) in [6.45, 7) is 6.65. The fourth-order valence-corrected chi connectivity index (χ4v) is 9.21. The van der Waals surface area contributed by atoms with Crippen LogP contribution in [0.4, 0.5) is 0 Å². The summed E-state index contributed by atoms with van der Waals surface area (Å²) in [5.41, 5.74) is 0. The van der Waals surface area contributed by atoms with E-state index in [-0.39, 0.29) is 31.1 Å². The van der Waals surface area contributed by atoms with E-state index in [1.165, 1.54) is 244 Å². The maximum Gasteiger partial charge on any atom is 0.306 e. The van der Waals surface area contributed by atoms with Gasteiger partial charge in [0.2, 0.25) is 0 Å². The molecule has 1 unspecified atom stereocenters. The molecule has 0 aliphatic heterocycles. The van der Waals surface area contributed by atoms with E-state index in [0.29, 0.717) is 19.3 Å². The zero-order valence-corrected chi connectivity index (χ0v) is 45.5. The Morgan fingerprint density at radius 1 is 0.284 bits per heavy atom. The largest absolute Gasteiger partial charge is 0.462 e. The fraction of sp³-hybridized carbons (Fsp3) is 0.918. The van der Waals surface area contributed by atoms with Crippen LogP contribution in [0.3, 0.4) is 0 Å². The number of carbonyl (C=O) groups excluding carboxylic acids is 3. The molecular formula is C61H116O6. The Hall–Kier alpha value is -1.85. The molecule has 0 aromatic rings. The summed E-state index contributed by atoms with van der Waals surface area (Å²) in [6.07, 6.45) is 65.4. The summed E-state index contributed by atoms with van der Waals surface area (Å²) in [5.74, 6) is -0.849. The van der Waals surface area contributed by atoms with Gasteiger partial charge in [0, 0.05) is 19.3 Å². The van der Waals surface area contributed by atoms with Crippen molar-refractivity contribution in [3.8, 4) is 0 Å². The molecule has 0 rings (SSSR count). The number of carbonyl (C=O) groups is 3. The van der Waals surface area contributed by atoms with Gasteiger partial charge in [-0.15, -0.1) is 0 Å². The lowest BCUT2D eigenvalue weighted by Crippen LogP contribution is -2.30. The molecule has 6 heteroatoms. The van der Waals surface area contributed by atoms with Crippen LogP contribution in [0.5, 0.6) is 0 Å². The maximum atomic E-state index is 12.8. The second-order valence-electron chi connectivity index (χ2n) is 20.6. The zero-order chi connectivity index (χ0) is 48.6. The van der Waals surface area contributed by atoms with Crippen LogP contribution in [0.1, 0.15) is 342 Å². The van der Waals surface area contributed by atoms with Gasteiger partial charge in [-0.3, -0.25) is 14.4 Å². The molecule has 0 aliphatic carbocycles. The highest BCUT2D eigenvalue weighted by Crippen LogP contribution is 2.17. The topological polar surface area (TPSA) is 78.9 Å². The summed E-state index contributed by atoms with van der Waals surface area (Å²) in [4.78, 5) is 37.9. The highest BCUT2D eigenvalue weighted by atomic mass is 16.6. The van der Waals surface area contributed by atoms with Crippen LogP contribution in [0.2, 0.25) is 0 Å². The highest BCUT2D eigenvalue weighted by molar-refractivity contribution is 5.71. The number of esters is 3. The third-order valence-electron chi connectivity index (χ3n) is 13.8. The van der Waals surface area contributed by atoms with Crippen LogP contribution in [-0.2, 0) is 28.6 Å². The lowest BCUT2D eigenvalue weighted by Gasteiger charge is -2.18. The summed E-state index contributed by atoms with van der Waals surface area (Å²) in [6, 6.07) is 0. The van der Waals surface area contributed by atoms with Crippen molar-refractivity contribution in [1.29, 1.82) is 0 Å². The molecule has 6 nitrogen and oxygen atoms in total. The standard InChI is InChI=1S/C61H116O6/c1-4-7-10-13-16-18-20-22-23-24-25-26-27-28-29-30-31-32-33-34-35-36-37-39-40-42-45-48-51-54-60(63)66-57-58(56-65-59(62)53-50-47-44-15-12-9-6-3)67-61(64)55-52-49-46-43-41-38-21-19-17-14-11-8-5-2/h24-25,58H,4-23,26-57H2,1-3H3/b25-24-. The minimum Gasteiger partial charge on any atom is -0.462 e. The molecule has 0 spiro atoms. The predicted octanol–water partition coefficient (Wildman–Crippen LogP) is 20.1. The third-order valence-corrected chi connectivity index (χ3v) is 13.8. The summed E-state index contributed by atoms with van der Waals surface area (Å²) >= 11 is 0. The van der Waals surface area contributed by atoms with Crippen molar-refractivity contribution in [2.45, 2.75) is 348 Å². The lowest BCUT2D eigenvalue weighted by atomic mass is 10.0. The normalized spacial score (nSPS) is 12.0. The number of hydrogen-bond donors (Lipinski definition) is 0. The van der Waals surface area contributed by atoms with E-state index in [1.54, 1.807) is 0 Å². The van der Waals surface area contributed by atoms with E-state index in [4.69, 9.17) is 14.2 Å². The van der Waals surface area contributed by atoms with Crippen molar-refractivity contribution in [3.63, 3.8) is 0 Å². The van der Waals surface area contributed by atoms with E-state index in [2.05, 4.69) is 32.9 Å². The van der Waals surface area contributed by atoms with Crippen molar-refractivity contribution in [3.05, 3.63) is 12.2 Å². The maximum absolute atomic E-state index is 12.8. The zero-order valence-electron chi connectivity index (χ0n) is 45.5. The van der Waals surface area contributed by atoms with Crippen molar-refractivity contribution in [1.82, 2.24) is 0 Å². The molecule has 0 saturated carbocycles. The van der Waals surface area contributed by atoms with E-state index in [1.807, 2.05) is 0 Å². The van der Waals surface area contributed by atoms with E-state index in [9.17, 15) is 14.4 Å². The number of rotatable bonds is 56. The molecule has 67 heavy (non-hydrogen) atoms. The van der Waals surface area contributed by atoms with Crippen LogP contribution < -0.4 is 0 Å². The smallest absolute Gasteiger partial charge is 0.306 e. The van der Waals surface area contributed by atoms with Gasteiger partial charge in [0.25, 0.3) is 0 Å². The Morgan fingerprint density at radius 2 is 0.493 bits per heavy atom. The van der Waals surface area contributed by atoms with Gasteiger partial charge in [-0.05, 0) is 44.9 Å². The quantitative estimate of drug-likeness (QED) is 0.0262. The SMILES string of the molecule is CCCCCCCCCC/C=C\CCCCCCCCCCCCCCCCCCCC(=O)OCC(COC(=O)CCCCCCCCC)OC(=O)CCCCCCCCCCCCCCC. The van der Waals surface area contributed by atoms with Gasteiger partial charge in [0.05, 0.1) is 0 Å². The second-order valence-corrected chi connectivity index (χ2v) is 20.6. The van der Waals surface area contributed by atoms with Crippen LogP contribution in [0.15, 0.2) is 12.2 Å². The van der Waals surface area contributed by atoms with Crippen molar-refractivity contribution in [2.24, 2.45) is 0 Å². The first-order valence-corrected chi connectivity index (χ1v) is 30.2. The van der Waals surface area contributed by atoms with E-state index < -0.39 is 6.10 Å². The summed E-state index contributed by atoms with van der Waals surface area (Å²) in [5, 5.41) is 0. The molecule has 0 bridgehead atoms. The molecule has 396 valence electrons. The predicted molar refractivity (Wildman–Crippen MR) is 289 cm³/mol. The molecule has 1 atom stereocenters. The Kier molecular flexibility index (Phi) is 55.2. The Morgan fingerprint density at radius 3 is 0.746 bits per heavy atom. The van der Waals surface area contributed by atoms with Crippen molar-refractivity contribution >= 4 is 17.9 Å². The third kappa shape index (κ3) is 55.0. The van der Waals surface area contributed by atoms with Gasteiger partial charge in [0.15, 0.2) is 6.10 Å². The van der Waals surface area contributed by atoms with Crippen molar-refractivity contribution < 1.29 is 28.6 Å². The first kappa shape index (κ1) is 65.1. The summed E-state index contributed by atoms with van der Waals surface area (Å²) < 4.78 is 16.8.